The van der Waals surface area contributed by atoms with Gasteiger partial charge >= 0.3 is 0 Å². The lowest BCUT2D eigenvalue weighted by atomic mass is 10.2. The number of hydrogen-bond donors (Lipinski definition) is 1. The molecule has 1 heterocycles. The van der Waals surface area contributed by atoms with Crippen molar-refractivity contribution in [2.75, 3.05) is 12.8 Å². The SMILES string of the molecule is CN(Cc1cccc(F)c1)Cc1nccc(N)n1. The zero-order valence-electron chi connectivity index (χ0n) is 10.2. The zero-order chi connectivity index (χ0) is 13.0. The molecule has 1 aromatic heterocycles. The van der Waals surface area contributed by atoms with E-state index in [-0.39, 0.29) is 5.82 Å². The van der Waals surface area contributed by atoms with E-state index in [1.807, 2.05) is 18.0 Å². The predicted octanol–water partition coefficient (Wildman–Crippen LogP) is 1.83. The van der Waals surface area contributed by atoms with Crippen molar-refractivity contribution in [1.82, 2.24) is 14.9 Å². The Hall–Kier alpha value is -2.01. The summed E-state index contributed by atoms with van der Waals surface area (Å²) in [6.45, 7) is 1.21. The summed E-state index contributed by atoms with van der Waals surface area (Å²) < 4.78 is 13.0. The number of benzene rings is 1. The minimum absolute atomic E-state index is 0.221. The minimum Gasteiger partial charge on any atom is -0.384 e. The normalized spacial score (nSPS) is 10.8. The highest BCUT2D eigenvalue weighted by Gasteiger charge is 2.05. The van der Waals surface area contributed by atoms with Gasteiger partial charge in [0.2, 0.25) is 0 Å². The maximum Gasteiger partial charge on any atom is 0.144 e. The average molecular weight is 246 g/mol. The molecule has 0 spiro atoms. The van der Waals surface area contributed by atoms with Gasteiger partial charge in [-0.3, -0.25) is 4.90 Å². The fourth-order valence-electron chi connectivity index (χ4n) is 1.74. The highest BCUT2D eigenvalue weighted by atomic mass is 19.1. The molecule has 5 heteroatoms. The smallest absolute Gasteiger partial charge is 0.144 e. The molecule has 0 bridgehead atoms. The van der Waals surface area contributed by atoms with E-state index in [1.54, 1.807) is 18.3 Å². The Morgan fingerprint density at radius 2 is 2.11 bits per heavy atom. The predicted molar refractivity (Wildman–Crippen MR) is 68.0 cm³/mol. The van der Waals surface area contributed by atoms with E-state index < -0.39 is 0 Å². The first-order valence-electron chi connectivity index (χ1n) is 5.64. The first kappa shape index (κ1) is 12.4. The van der Waals surface area contributed by atoms with Crippen LogP contribution in [0.5, 0.6) is 0 Å². The van der Waals surface area contributed by atoms with Gasteiger partial charge in [-0.15, -0.1) is 0 Å². The van der Waals surface area contributed by atoms with Crippen LogP contribution in [0, 0.1) is 5.82 Å². The van der Waals surface area contributed by atoms with Gasteiger partial charge in [0.15, 0.2) is 0 Å². The van der Waals surface area contributed by atoms with Gasteiger partial charge < -0.3 is 5.73 Å². The molecule has 0 aliphatic heterocycles. The van der Waals surface area contributed by atoms with E-state index in [2.05, 4.69) is 9.97 Å². The number of nitrogen functional groups attached to an aromatic ring is 1. The van der Waals surface area contributed by atoms with E-state index >= 15 is 0 Å². The number of halogens is 1. The summed E-state index contributed by atoms with van der Waals surface area (Å²) in [6.07, 6.45) is 1.63. The maximum absolute atomic E-state index is 13.0. The van der Waals surface area contributed by atoms with Crippen LogP contribution in [0.1, 0.15) is 11.4 Å². The maximum atomic E-state index is 13.0. The third-order valence-electron chi connectivity index (χ3n) is 2.48. The third-order valence-corrected chi connectivity index (χ3v) is 2.48. The van der Waals surface area contributed by atoms with Gasteiger partial charge in [0, 0.05) is 12.7 Å². The number of nitrogens with two attached hydrogens (primary N) is 1. The van der Waals surface area contributed by atoms with Crippen LogP contribution in [-0.2, 0) is 13.1 Å². The topological polar surface area (TPSA) is 55.0 Å². The summed E-state index contributed by atoms with van der Waals surface area (Å²) in [7, 11) is 1.93. The molecular formula is C13H15FN4. The second-order valence-electron chi connectivity index (χ2n) is 4.20. The van der Waals surface area contributed by atoms with Gasteiger partial charge in [-0.1, -0.05) is 12.1 Å². The second-order valence-corrected chi connectivity index (χ2v) is 4.20. The van der Waals surface area contributed by atoms with Crippen LogP contribution in [-0.4, -0.2) is 21.9 Å². The van der Waals surface area contributed by atoms with E-state index in [0.717, 1.165) is 5.56 Å². The van der Waals surface area contributed by atoms with E-state index in [9.17, 15) is 4.39 Å². The van der Waals surface area contributed by atoms with Crippen molar-refractivity contribution in [3.8, 4) is 0 Å². The third kappa shape index (κ3) is 3.49. The van der Waals surface area contributed by atoms with E-state index in [1.165, 1.54) is 12.1 Å². The van der Waals surface area contributed by atoms with Crippen molar-refractivity contribution < 1.29 is 4.39 Å². The molecule has 0 aliphatic carbocycles. The van der Waals surface area contributed by atoms with Crippen molar-refractivity contribution in [3.63, 3.8) is 0 Å². The minimum atomic E-state index is -0.221. The molecule has 0 saturated carbocycles. The molecule has 18 heavy (non-hydrogen) atoms. The van der Waals surface area contributed by atoms with Crippen molar-refractivity contribution in [2.24, 2.45) is 0 Å². The molecule has 2 aromatic rings. The molecule has 0 radical (unpaired) electrons. The molecule has 0 atom stereocenters. The molecule has 0 amide bonds. The Bertz CT molecular complexity index is 482. The zero-order valence-corrected chi connectivity index (χ0v) is 10.2. The monoisotopic (exact) mass is 246 g/mol. The lowest BCUT2D eigenvalue weighted by Gasteiger charge is -2.15. The fourth-order valence-corrected chi connectivity index (χ4v) is 1.74. The molecule has 0 aliphatic rings. The summed E-state index contributed by atoms with van der Waals surface area (Å²) in [5.41, 5.74) is 6.51. The quantitative estimate of drug-likeness (QED) is 0.894. The molecular weight excluding hydrogens is 231 g/mol. The van der Waals surface area contributed by atoms with Crippen LogP contribution >= 0.6 is 0 Å². The number of nitrogens with zero attached hydrogens (tertiary/aromatic N) is 3. The van der Waals surface area contributed by atoms with Crippen LogP contribution in [0.2, 0.25) is 0 Å². The van der Waals surface area contributed by atoms with E-state index in [4.69, 9.17) is 5.73 Å². The Balaban J connectivity index is 1.98. The number of rotatable bonds is 4. The summed E-state index contributed by atoms with van der Waals surface area (Å²) >= 11 is 0. The molecule has 0 fully saturated rings. The van der Waals surface area contributed by atoms with Gasteiger partial charge in [-0.2, -0.15) is 0 Å². The van der Waals surface area contributed by atoms with Gasteiger partial charge in [0.25, 0.3) is 0 Å². The summed E-state index contributed by atoms with van der Waals surface area (Å²) in [4.78, 5) is 10.3. The summed E-state index contributed by atoms with van der Waals surface area (Å²) in [5.74, 6) is 0.897. The molecule has 2 rings (SSSR count). The van der Waals surface area contributed by atoms with E-state index in [0.29, 0.717) is 24.7 Å². The lowest BCUT2D eigenvalue weighted by Crippen LogP contribution is -2.19. The van der Waals surface area contributed by atoms with Crippen LogP contribution in [0.15, 0.2) is 36.5 Å². The van der Waals surface area contributed by atoms with Crippen LogP contribution in [0.25, 0.3) is 0 Å². The number of hydrogen-bond acceptors (Lipinski definition) is 4. The molecule has 2 N–H and O–H groups in total. The van der Waals surface area contributed by atoms with Crippen LogP contribution in [0.3, 0.4) is 0 Å². The average Bonchev–Trinajstić information content (AvgIpc) is 2.28. The molecule has 4 nitrogen and oxygen atoms in total. The Morgan fingerprint density at radius 3 is 2.83 bits per heavy atom. The lowest BCUT2D eigenvalue weighted by molar-refractivity contribution is 0.310. The molecule has 1 aromatic carbocycles. The van der Waals surface area contributed by atoms with Crippen LogP contribution < -0.4 is 5.73 Å². The van der Waals surface area contributed by atoms with Gasteiger partial charge in [-0.05, 0) is 30.8 Å². The summed E-state index contributed by atoms with van der Waals surface area (Å²) in [5, 5.41) is 0. The first-order valence-corrected chi connectivity index (χ1v) is 5.64. The Labute approximate surface area is 105 Å². The second kappa shape index (κ2) is 5.55. The first-order chi connectivity index (χ1) is 8.63. The summed E-state index contributed by atoms with van der Waals surface area (Å²) in [6, 6.07) is 8.20. The van der Waals surface area contributed by atoms with Gasteiger partial charge in [0.1, 0.15) is 17.5 Å². The number of aromatic nitrogens is 2. The highest BCUT2D eigenvalue weighted by Crippen LogP contribution is 2.08. The Kier molecular flexibility index (Phi) is 3.84. The highest BCUT2D eigenvalue weighted by molar-refractivity contribution is 5.25. The van der Waals surface area contributed by atoms with Gasteiger partial charge in [-0.25, -0.2) is 14.4 Å². The van der Waals surface area contributed by atoms with Crippen LogP contribution in [0.4, 0.5) is 10.2 Å². The Morgan fingerprint density at radius 1 is 1.28 bits per heavy atom. The number of anilines is 1. The van der Waals surface area contributed by atoms with Gasteiger partial charge in [0.05, 0.1) is 6.54 Å². The van der Waals surface area contributed by atoms with Crippen molar-refractivity contribution in [1.29, 1.82) is 0 Å². The molecule has 94 valence electrons. The molecule has 0 unspecified atom stereocenters. The van der Waals surface area contributed by atoms with Crippen molar-refractivity contribution in [3.05, 3.63) is 53.7 Å². The fraction of sp³-hybridized carbons (Fsp3) is 0.231. The standard InChI is InChI=1S/C13H15FN4/c1-18(8-10-3-2-4-11(14)7-10)9-13-16-6-5-12(15)17-13/h2-7H,8-9H2,1H3,(H2,15,16,17). The van der Waals surface area contributed by atoms with Crippen molar-refractivity contribution >= 4 is 5.82 Å². The van der Waals surface area contributed by atoms with Crippen molar-refractivity contribution in [2.45, 2.75) is 13.1 Å². The largest absolute Gasteiger partial charge is 0.384 e. The molecule has 0 saturated heterocycles.